The maximum atomic E-state index is 10.3. The number of hydrogen-bond acceptors (Lipinski definition) is 1. The van der Waals surface area contributed by atoms with Crippen LogP contribution in [0.25, 0.3) is 0 Å². The van der Waals surface area contributed by atoms with Crippen LogP contribution >= 0.6 is 0 Å². The zero-order chi connectivity index (χ0) is 10.7. The van der Waals surface area contributed by atoms with E-state index in [0.717, 1.165) is 25.7 Å². The quantitative estimate of drug-likeness (QED) is 0.802. The Morgan fingerprint density at radius 1 is 1.07 bits per heavy atom. The van der Waals surface area contributed by atoms with Crippen LogP contribution in [0.1, 0.15) is 43.7 Å². The van der Waals surface area contributed by atoms with Crippen molar-refractivity contribution < 1.29 is 5.11 Å². The molecule has 1 aliphatic rings. The third-order valence-electron chi connectivity index (χ3n) is 3.50. The zero-order valence-electron chi connectivity index (χ0n) is 9.50. The monoisotopic (exact) mass is 204 g/mol. The van der Waals surface area contributed by atoms with Crippen molar-refractivity contribution in [1.29, 1.82) is 0 Å². The highest BCUT2D eigenvalue weighted by molar-refractivity contribution is 5.24. The first-order valence-electron chi connectivity index (χ1n) is 6.02. The summed E-state index contributed by atoms with van der Waals surface area (Å²) >= 11 is 0. The van der Waals surface area contributed by atoms with Crippen molar-refractivity contribution in [2.45, 2.75) is 51.0 Å². The highest BCUT2D eigenvalue weighted by Gasteiger charge is 2.30. The first-order valence-corrected chi connectivity index (χ1v) is 6.02. The van der Waals surface area contributed by atoms with Gasteiger partial charge in [-0.25, -0.2) is 0 Å². The van der Waals surface area contributed by atoms with Crippen LogP contribution in [0.4, 0.5) is 0 Å². The molecule has 0 radical (unpaired) electrons. The van der Waals surface area contributed by atoms with E-state index in [-0.39, 0.29) is 0 Å². The third-order valence-corrected chi connectivity index (χ3v) is 3.50. The lowest BCUT2D eigenvalue weighted by Crippen LogP contribution is -2.26. The van der Waals surface area contributed by atoms with Gasteiger partial charge in [0.15, 0.2) is 0 Å². The Morgan fingerprint density at radius 2 is 1.60 bits per heavy atom. The predicted molar refractivity (Wildman–Crippen MR) is 62.9 cm³/mol. The van der Waals surface area contributed by atoms with E-state index in [2.05, 4.69) is 31.2 Å². The van der Waals surface area contributed by atoms with E-state index in [1.165, 1.54) is 24.0 Å². The zero-order valence-corrected chi connectivity index (χ0v) is 9.50. The maximum absolute atomic E-state index is 10.3. The molecule has 82 valence electrons. The lowest BCUT2D eigenvalue weighted by Gasteiger charge is -2.22. The lowest BCUT2D eigenvalue weighted by atomic mass is 9.92. The van der Waals surface area contributed by atoms with Gasteiger partial charge in [-0.05, 0) is 30.4 Å². The minimum atomic E-state index is -0.409. The summed E-state index contributed by atoms with van der Waals surface area (Å²) in [5, 5.41) is 10.3. The second kappa shape index (κ2) is 4.36. The van der Waals surface area contributed by atoms with Gasteiger partial charge in [0.1, 0.15) is 0 Å². The molecule has 1 nitrogen and oxygen atoms in total. The number of hydrogen-bond donors (Lipinski definition) is 1. The van der Waals surface area contributed by atoms with Crippen LogP contribution < -0.4 is 0 Å². The molecule has 0 bridgehead atoms. The van der Waals surface area contributed by atoms with Crippen LogP contribution in [0.3, 0.4) is 0 Å². The fourth-order valence-corrected chi connectivity index (χ4v) is 2.48. The van der Waals surface area contributed by atoms with Gasteiger partial charge in [-0.1, -0.05) is 44.0 Å². The summed E-state index contributed by atoms with van der Waals surface area (Å²) in [6.45, 7) is 2.17. The summed E-state index contributed by atoms with van der Waals surface area (Å²) in [6.07, 6.45) is 6.24. The van der Waals surface area contributed by atoms with Crippen molar-refractivity contribution >= 4 is 0 Å². The molecular weight excluding hydrogens is 184 g/mol. The molecule has 0 amide bonds. The molecule has 1 aromatic carbocycles. The molecule has 15 heavy (non-hydrogen) atoms. The fourth-order valence-electron chi connectivity index (χ4n) is 2.48. The molecule has 0 aliphatic heterocycles. The molecule has 0 heterocycles. The predicted octanol–water partition coefficient (Wildman–Crippen LogP) is 3.10. The van der Waals surface area contributed by atoms with Crippen LogP contribution in [-0.4, -0.2) is 10.7 Å². The van der Waals surface area contributed by atoms with Crippen LogP contribution in [0.15, 0.2) is 24.3 Å². The maximum Gasteiger partial charge on any atom is 0.0688 e. The molecule has 1 saturated carbocycles. The van der Waals surface area contributed by atoms with Gasteiger partial charge >= 0.3 is 0 Å². The van der Waals surface area contributed by atoms with Crippen molar-refractivity contribution in [3.05, 3.63) is 35.4 Å². The lowest BCUT2D eigenvalue weighted by molar-refractivity contribution is 0.0482. The summed E-state index contributed by atoms with van der Waals surface area (Å²) in [6, 6.07) is 8.67. The van der Waals surface area contributed by atoms with Crippen LogP contribution in [0.2, 0.25) is 0 Å². The molecular formula is C14H20O. The normalized spacial score (nSPS) is 19.3. The van der Waals surface area contributed by atoms with Gasteiger partial charge in [-0.3, -0.25) is 0 Å². The Bertz CT molecular complexity index is 307. The molecule has 0 spiro atoms. The molecule has 2 rings (SSSR count). The molecule has 1 aliphatic carbocycles. The first-order chi connectivity index (χ1) is 7.22. The van der Waals surface area contributed by atoms with E-state index in [1.54, 1.807) is 0 Å². The fraction of sp³-hybridized carbons (Fsp3) is 0.571. The Labute approximate surface area is 92.1 Å². The molecule has 0 unspecified atom stereocenters. The Kier molecular flexibility index (Phi) is 3.11. The molecule has 0 saturated heterocycles. The van der Waals surface area contributed by atoms with E-state index >= 15 is 0 Å². The summed E-state index contributed by atoms with van der Waals surface area (Å²) < 4.78 is 0. The number of benzene rings is 1. The third kappa shape index (κ3) is 2.60. The minimum Gasteiger partial charge on any atom is -0.390 e. The smallest absolute Gasteiger partial charge is 0.0688 e. The van der Waals surface area contributed by atoms with Crippen molar-refractivity contribution in [3.8, 4) is 0 Å². The molecule has 1 heteroatoms. The van der Waals surface area contributed by atoms with Gasteiger partial charge in [0.2, 0.25) is 0 Å². The molecule has 1 fully saturated rings. The van der Waals surface area contributed by atoms with Crippen LogP contribution in [0.5, 0.6) is 0 Å². The summed E-state index contributed by atoms with van der Waals surface area (Å²) in [5.41, 5.74) is 2.24. The summed E-state index contributed by atoms with van der Waals surface area (Å²) in [7, 11) is 0. The largest absolute Gasteiger partial charge is 0.390 e. The average molecular weight is 204 g/mol. The summed E-state index contributed by atoms with van der Waals surface area (Å²) in [4.78, 5) is 0. The van der Waals surface area contributed by atoms with Gasteiger partial charge in [0.05, 0.1) is 5.60 Å². The second-order valence-electron chi connectivity index (χ2n) is 4.78. The van der Waals surface area contributed by atoms with Gasteiger partial charge in [-0.15, -0.1) is 0 Å². The van der Waals surface area contributed by atoms with Gasteiger partial charge in [-0.2, -0.15) is 0 Å². The first kappa shape index (κ1) is 10.7. The van der Waals surface area contributed by atoms with Crippen molar-refractivity contribution in [3.63, 3.8) is 0 Å². The van der Waals surface area contributed by atoms with E-state index in [4.69, 9.17) is 0 Å². The number of rotatable bonds is 3. The molecule has 1 aromatic rings. The van der Waals surface area contributed by atoms with Crippen molar-refractivity contribution in [2.75, 3.05) is 0 Å². The number of aryl methyl sites for hydroxylation is 1. The Balaban J connectivity index is 2.04. The second-order valence-corrected chi connectivity index (χ2v) is 4.78. The number of aliphatic hydroxyl groups is 1. The van der Waals surface area contributed by atoms with Crippen molar-refractivity contribution in [1.82, 2.24) is 0 Å². The van der Waals surface area contributed by atoms with Gasteiger partial charge < -0.3 is 5.11 Å². The SMILES string of the molecule is CCc1ccc(CC2(O)CCCC2)cc1. The average Bonchev–Trinajstić information content (AvgIpc) is 2.66. The molecule has 1 N–H and O–H groups in total. The summed E-state index contributed by atoms with van der Waals surface area (Å²) in [5.74, 6) is 0. The van der Waals surface area contributed by atoms with Crippen molar-refractivity contribution in [2.24, 2.45) is 0 Å². The highest BCUT2D eigenvalue weighted by Crippen LogP contribution is 2.32. The van der Waals surface area contributed by atoms with E-state index in [9.17, 15) is 5.11 Å². The topological polar surface area (TPSA) is 20.2 Å². The van der Waals surface area contributed by atoms with Crippen LogP contribution in [0, 0.1) is 0 Å². The molecule has 0 atom stereocenters. The minimum absolute atomic E-state index is 0.409. The van der Waals surface area contributed by atoms with E-state index in [0.29, 0.717) is 0 Å². The standard InChI is InChI=1S/C14H20O/c1-2-12-5-7-13(8-6-12)11-14(15)9-3-4-10-14/h5-8,15H,2-4,9-11H2,1H3. The Hall–Kier alpha value is -0.820. The van der Waals surface area contributed by atoms with E-state index in [1.807, 2.05) is 0 Å². The highest BCUT2D eigenvalue weighted by atomic mass is 16.3. The molecule has 0 aromatic heterocycles. The van der Waals surface area contributed by atoms with E-state index < -0.39 is 5.60 Å². The Morgan fingerprint density at radius 3 is 2.13 bits per heavy atom. The van der Waals surface area contributed by atoms with Gasteiger partial charge in [0.25, 0.3) is 0 Å². The van der Waals surface area contributed by atoms with Gasteiger partial charge in [0, 0.05) is 6.42 Å². The van der Waals surface area contributed by atoms with Crippen LogP contribution in [-0.2, 0) is 12.8 Å².